The molecule has 0 saturated carbocycles. The first-order valence-electron chi connectivity index (χ1n) is 6.05. The summed E-state index contributed by atoms with van der Waals surface area (Å²) in [6.45, 7) is 4.49. The Kier molecular flexibility index (Phi) is 4.05. The van der Waals surface area contributed by atoms with Gasteiger partial charge >= 0.3 is 0 Å². The van der Waals surface area contributed by atoms with Crippen molar-refractivity contribution in [3.63, 3.8) is 0 Å². The van der Waals surface area contributed by atoms with E-state index in [1.165, 1.54) is 22.7 Å². The number of aliphatic imine (C=N–C) groups is 1. The lowest BCUT2D eigenvalue weighted by Crippen LogP contribution is -2.15. The third-order valence-electron chi connectivity index (χ3n) is 2.97. The van der Waals surface area contributed by atoms with E-state index >= 15 is 0 Å². The Morgan fingerprint density at radius 2 is 2.19 bits per heavy atom. The fraction of sp³-hybridized carbons (Fsp3) is 0.500. The van der Waals surface area contributed by atoms with E-state index < -0.39 is 0 Å². The summed E-state index contributed by atoms with van der Waals surface area (Å²) >= 11 is 2.06. The Morgan fingerprint density at radius 1 is 1.38 bits per heavy atom. The molecule has 0 spiro atoms. The van der Waals surface area contributed by atoms with Crippen LogP contribution in [-0.4, -0.2) is 16.7 Å². The van der Waals surface area contributed by atoms with Gasteiger partial charge in [-0.3, -0.25) is 4.99 Å². The fourth-order valence-electron chi connectivity index (χ4n) is 2.06. The molecule has 2 heteroatoms. The molecule has 1 nitrogen and oxygen atoms in total. The number of aryl methyl sites for hydroxylation is 1. The molecule has 86 valence electrons. The summed E-state index contributed by atoms with van der Waals surface area (Å²) in [5, 5.41) is 0.737. The van der Waals surface area contributed by atoms with Gasteiger partial charge in [0.25, 0.3) is 0 Å². The van der Waals surface area contributed by atoms with Crippen molar-refractivity contribution in [3.05, 3.63) is 29.8 Å². The molecule has 1 aliphatic rings. The van der Waals surface area contributed by atoms with Gasteiger partial charge in [0, 0.05) is 11.0 Å². The first-order valence-corrected chi connectivity index (χ1v) is 7.10. The zero-order valence-corrected chi connectivity index (χ0v) is 10.9. The number of hydrogen-bond donors (Lipinski definition) is 0. The van der Waals surface area contributed by atoms with Crippen LogP contribution in [-0.2, 0) is 6.42 Å². The number of nitrogens with zero attached hydrogens (tertiary/aromatic N) is 1. The Hall–Kier alpha value is -0.760. The minimum atomic E-state index is 0.737. The van der Waals surface area contributed by atoms with Crippen molar-refractivity contribution in [2.75, 3.05) is 5.75 Å². The summed E-state index contributed by atoms with van der Waals surface area (Å²) < 4.78 is 0. The van der Waals surface area contributed by atoms with E-state index in [2.05, 4.69) is 49.9 Å². The second-order valence-corrected chi connectivity index (χ2v) is 5.84. The molecule has 1 heterocycles. The van der Waals surface area contributed by atoms with Gasteiger partial charge in [-0.1, -0.05) is 32.0 Å². The molecule has 0 aromatic heterocycles. The zero-order valence-electron chi connectivity index (χ0n) is 10.1. The maximum atomic E-state index is 4.84. The van der Waals surface area contributed by atoms with E-state index in [-0.39, 0.29) is 0 Å². The lowest BCUT2D eigenvalue weighted by atomic mass is 10.1. The van der Waals surface area contributed by atoms with Crippen LogP contribution in [0.25, 0.3) is 0 Å². The lowest BCUT2D eigenvalue weighted by Gasteiger charge is -2.19. The van der Waals surface area contributed by atoms with Crippen LogP contribution in [0.2, 0.25) is 0 Å². The van der Waals surface area contributed by atoms with Gasteiger partial charge < -0.3 is 0 Å². The van der Waals surface area contributed by atoms with Crippen molar-refractivity contribution >= 4 is 23.2 Å². The minimum absolute atomic E-state index is 0.737. The molecule has 1 saturated heterocycles. The summed E-state index contributed by atoms with van der Waals surface area (Å²) in [6.07, 6.45) is 3.38. The Bertz CT molecular complexity index is 384. The second kappa shape index (κ2) is 5.53. The molecule has 2 rings (SSSR count). The highest BCUT2D eigenvalue weighted by Gasteiger charge is 2.14. The van der Waals surface area contributed by atoms with Crippen LogP contribution in [0.4, 0.5) is 5.69 Å². The van der Waals surface area contributed by atoms with Crippen molar-refractivity contribution in [2.45, 2.75) is 38.4 Å². The summed E-state index contributed by atoms with van der Waals surface area (Å²) in [5.41, 5.74) is 3.92. The highest BCUT2D eigenvalue weighted by Crippen LogP contribution is 2.26. The first-order chi connectivity index (χ1) is 7.79. The zero-order chi connectivity index (χ0) is 11.4. The lowest BCUT2D eigenvalue weighted by molar-refractivity contribution is 0.960. The predicted octanol–water partition coefficient (Wildman–Crippen LogP) is 4.24. The number of benzene rings is 1. The van der Waals surface area contributed by atoms with Crippen LogP contribution in [0.5, 0.6) is 0 Å². The molecule has 0 bridgehead atoms. The van der Waals surface area contributed by atoms with E-state index in [4.69, 9.17) is 4.99 Å². The van der Waals surface area contributed by atoms with Crippen LogP contribution < -0.4 is 0 Å². The van der Waals surface area contributed by atoms with Crippen LogP contribution in [0, 0.1) is 0 Å². The predicted molar refractivity (Wildman–Crippen MR) is 74.1 cm³/mol. The number of hydrogen-bond acceptors (Lipinski definition) is 2. The van der Waals surface area contributed by atoms with Crippen molar-refractivity contribution in [2.24, 2.45) is 4.99 Å². The summed E-state index contributed by atoms with van der Waals surface area (Å²) in [4.78, 5) is 4.84. The molecule has 0 amide bonds. The van der Waals surface area contributed by atoms with Crippen LogP contribution in [0.15, 0.2) is 29.3 Å². The molecule has 0 radical (unpaired) electrons. The fourth-order valence-corrected chi connectivity index (χ4v) is 3.13. The van der Waals surface area contributed by atoms with Crippen molar-refractivity contribution in [1.82, 2.24) is 0 Å². The molecular formula is C14H19NS. The third-order valence-corrected chi connectivity index (χ3v) is 4.14. The summed E-state index contributed by atoms with van der Waals surface area (Å²) in [6, 6.07) is 8.50. The normalized spacial score (nSPS) is 23.6. The average Bonchev–Trinajstić information content (AvgIpc) is 2.30. The van der Waals surface area contributed by atoms with Gasteiger partial charge in [-0.2, -0.15) is 11.8 Å². The van der Waals surface area contributed by atoms with Crippen molar-refractivity contribution in [3.8, 4) is 0 Å². The van der Waals surface area contributed by atoms with Gasteiger partial charge in [0.15, 0.2) is 0 Å². The molecule has 1 aromatic rings. The highest BCUT2D eigenvalue weighted by molar-refractivity contribution is 8.00. The van der Waals surface area contributed by atoms with Crippen LogP contribution in [0.3, 0.4) is 0 Å². The van der Waals surface area contributed by atoms with E-state index in [0.717, 1.165) is 24.5 Å². The largest absolute Gasteiger partial charge is 0.257 e. The quantitative estimate of drug-likeness (QED) is 0.744. The molecule has 1 aromatic carbocycles. The van der Waals surface area contributed by atoms with Gasteiger partial charge in [0.05, 0.1) is 5.69 Å². The summed E-state index contributed by atoms with van der Waals surface area (Å²) in [7, 11) is 0. The van der Waals surface area contributed by atoms with Gasteiger partial charge in [-0.25, -0.2) is 0 Å². The van der Waals surface area contributed by atoms with E-state index in [0.29, 0.717) is 0 Å². The number of rotatable bonds is 2. The molecule has 0 N–H and O–H groups in total. The molecular weight excluding hydrogens is 214 g/mol. The Balaban J connectivity index is 2.21. The maximum Gasteiger partial charge on any atom is 0.0660 e. The average molecular weight is 233 g/mol. The smallest absolute Gasteiger partial charge is 0.0660 e. The third kappa shape index (κ3) is 2.88. The topological polar surface area (TPSA) is 12.4 Å². The molecule has 1 aliphatic heterocycles. The van der Waals surface area contributed by atoms with E-state index in [9.17, 15) is 0 Å². The molecule has 1 fully saturated rings. The Morgan fingerprint density at radius 3 is 2.94 bits per heavy atom. The highest BCUT2D eigenvalue weighted by atomic mass is 32.2. The molecule has 1 unspecified atom stereocenters. The molecule has 1 atom stereocenters. The second-order valence-electron chi connectivity index (χ2n) is 4.30. The minimum Gasteiger partial charge on any atom is -0.257 e. The van der Waals surface area contributed by atoms with Crippen LogP contribution >= 0.6 is 11.8 Å². The van der Waals surface area contributed by atoms with E-state index in [1.54, 1.807) is 0 Å². The van der Waals surface area contributed by atoms with Crippen molar-refractivity contribution in [1.29, 1.82) is 0 Å². The van der Waals surface area contributed by atoms with Gasteiger partial charge in [-0.15, -0.1) is 0 Å². The number of para-hydroxylation sites is 1. The standard InChI is InChI=1S/C14H19NS/c1-3-12-6-4-5-7-14(12)15-13-8-9-16-11(2)10-13/h4-7,11H,3,8-10H2,1-2H3. The van der Waals surface area contributed by atoms with E-state index in [1.807, 2.05) is 0 Å². The monoisotopic (exact) mass is 233 g/mol. The summed E-state index contributed by atoms with van der Waals surface area (Å²) in [5.74, 6) is 1.23. The van der Waals surface area contributed by atoms with Crippen molar-refractivity contribution < 1.29 is 0 Å². The Labute approximate surface area is 102 Å². The first kappa shape index (κ1) is 11.7. The molecule has 16 heavy (non-hydrogen) atoms. The maximum absolute atomic E-state index is 4.84. The molecule has 0 aliphatic carbocycles. The van der Waals surface area contributed by atoms with Crippen LogP contribution in [0.1, 0.15) is 32.3 Å². The van der Waals surface area contributed by atoms with Gasteiger partial charge in [0.1, 0.15) is 0 Å². The van der Waals surface area contributed by atoms with Gasteiger partial charge in [-0.05, 0) is 36.6 Å². The number of thioether (sulfide) groups is 1. The SMILES string of the molecule is CCc1ccccc1N=C1CCSC(C)C1. The van der Waals surface area contributed by atoms with Gasteiger partial charge in [0.2, 0.25) is 0 Å².